The molecule has 1 fully saturated rings. The Morgan fingerprint density at radius 3 is 2.86 bits per heavy atom. The van der Waals surface area contributed by atoms with E-state index in [0.717, 1.165) is 50.0 Å². The van der Waals surface area contributed by atoms with Crippen LogP contribution in [0.25, 0.3) is 10.9 Å². The fourth-order valence-corrected chi connectivity index (χ4v) is 3.07. The van der Waals surface area contributed by atoms with Gasteiger partial charge < -0.3 is 14.8 Å². The van der Waals surface area contributed by atoms with E-state index in [1.165, 1.54) is 6.42 Å². The van der Waals surface area contributed by atoms with Gasteiger partial charge >= 0.3 is 0 Å². The Balaban J connectivity index is 1.72. The van der Waals surface area contributed by atoms with Crippen LogP contribution in [0.3, 0.4) is 0 Å². The number of fused-ring (bicyclic) bond motifs is 1. The van der Waals surface area contributed by atoms with Gasteiger partial charge in [0, 0.05) is 30.5 Å². The predicted molar refractivity (Wildman–Crippen MR) is 85.6 cm³/mol. The van der Waals surface area contributed by atoms with Crippen LogP contribution in [0.5, 0.6) is 0 Å². The maximum absolute atomic E-state index is 12.7. The minimum absolute atomic E-state index is 0.129. The van der Waals surface area contributed by atoms with Crippen molar-refractivity contribution < 1.29 is 4.79 Å². The Morgan fingerprint density at radius 2 is 2.05 bits per heavy atom. The highest BCUT2D eigenvalue weighted by molar-refractivity contribution is 5.98. The van der Waals surface area contributed by atoms with Gasteiger partial charge in [0.25, 0.3) is 5.91 Å². The van der Waals surface area contributed by atoms with E-state index in [1.54, 1.807) is 0 Å². The number of H-pyrrole nitrogens is 1. The van der Waals surface area contributed by atoms with Gasteiger partial charge in [-0.1, -0.05) is 25.1 Å². The molecule has 4 heteroatoms. The van der Waals surface area contributed by atoms with Gasteiger partial charge in [0.15, 0.2) is 0 Å². The summed E-state index contributed by atoms with van der Waals surface area (Å²) in [7, 11) is 0. The van der Waals surface area contributed by atoms with E-state index in [1.807, 2.05) is 35.2 Å². The molecule has 0 unspecified atom stereocenters. The maximum Gasteiger partial charge on any atom is 0.270 e. The maximum atomic E-state index is 12.7. The first-order valence-electron chi connectivity index (χ1n) is 7.87. The summed E-state index contributed by atoms with van der Waals surface area (Å²) < 4.78 is 0. The Labute approximate surface area is 125 Å². The number of rotatable bonds is 3. The second-order valence-electron chi connectivity index (χ2n) is 5.76. The van der Waals surface area contributed by atoms with E-state index in [0.29, 0.717) is 5.69 Å². The third-order valence-corrected chi connectivity index (χ3v) is 4.18. The molecule has 0 spiro atoms. The lowest BCUT2D eigenvalue weighted by Crippen LogP contribution is -2.35. The van der Waals surface area contributed by atoms with Gasteiger partial charge in [-0.3, -0.25) is 4.79 Å². The fourth-order valence-electron chi connectivity index (χ4n) is 3.07. The van der Waals surface area contributed by atoms with E-state index >= 15 is 0 Å². The van der Waals surface area contributed by atoms with Crippen molar-refractivity contribution in [1.82, 2.24) is 14.8 Å². The summed E-state index contributed by atoms with van der Waals surface area (Å²) in [5.74, 6) is 0.129. The van der Waals surface area contributed by atoms with E-state index in [-0.39, 0.29) is 5.91 Å². The van der Waals surface area contributed by atoms with E-state index in [4.69, 9.17) is 0 Å². The van der Waals surface area contributed by atoms with Crippen LogP contribution in [0.4, 0.5) is 0 Å². The van der Waals surface area contributed by atoms with Gasteiger partial charge in [0.05, 0.1) is 0 Å². The molecule has 0 radical (unpaired) electrons. The number of nitrogens with zero attached hydrogens (tertiary/aromatic N) is 2. The van der Waals surface area contributed by atoms with Crippen LogP contribution in [0.1, 0.15) is 30.3 Å². The molecule has 1 aliphatic heterocycles. The van der Waals surface area contributed by atoms with E-state index < -0.39 is 0 Å². The minimum Gasteiger partial charge on any atom is -0.351 e. The number of carbonyl (C=O) groups is 1. The van der Waals surface area contributed by atoms with Gasteiger partial charge in [-0.15, -0.1) is 0 Å². The van der Waals surface area contributed by atoms with Crippen LogP contribution in [-0.4, -0.2) is 53.4 Å². The zero-order valence-electron chi connectivity index (χ0n) is 12.6. The number of hydrogen-bond donors (Lipinski definition) is 1. The second-order valence-corrected chi connectivity index (χ2v) is 5.76. The van der Waals surface area contributed by atoms with Gasteiger partial charge in [-0.25, -0.2) is 0 Å². The number of nitrogens with one attached hydrogen (secondary N) is 1. The lowest BCUT2D eigenvalue weighted by molar-refractivity contribution is 0.0756. The van der Waals surface area contributed by atoms with E-state index in [2.05, 4.69) is 16.8 Å². The number of aromatic amines is 1. The highest BCUT2D eigenvalue weighted by Gasteiger charge is 2.21. The number of para-hydroxylation sites is 1. The SMILES string of the molecule is CCCN1CCCN(C(=O)c2cc3ccccc3[nH]2)CC1. The molecule has 21 heavy (non-hydrogen) atoms. The third-order valence-electron chi connectivity index (χ3n) is 4.18. The van der Waals surface area contributed by atoms with Gasteiger partial charge in [-0.2, -0.15) is 0 Å². The number of amides is 1. The van der Waals surface area contributed by atoms with Crippen LogP contribution in [0.2, 0.25) is 0 Å². The molecule has 0 saturated carbocycles. The average molecular weight is 285 g/mol. The molecule has 2 heterocycles. The summed E-state index contributed by atoms with van der Waals surface area (Å²) in [6, 6.07) is 10.00. The van der Waals surface area contributed by atoms with Crippen molar-refractivity contribution >= 4 is 16.8 Å². The van der Waals surface area contributed by atoms with Crippen molar-refractivity contribution in [3.8, 4) is 0 Å². The molecule has 1 aromatic heterocycles. The first-order valence-corrected chi connectivity index (χ1v) is 7.87. The fraction of sp³-hybridized carbons (Fsp3) is 0.471. The highest BCUT2D eigenvalue weighted by Crippen LogP contribution is 2.17. The molecule has 1 aromatic carbocycles. The number of benzene rings is 1. The lowest BCUT2D eigenvalue weighted by atomic mass is 10.2. The molecule has 1 amide bonds. The minimum atomic E-state index is 0.129. The predicted octanol–water partition coefficient (Wildman–Crippen LogP) is 2.73. The van der Waals surface area contributed by atoms with Crippen LogP contribution in [-0.2, 0) is 0 Å². The smallest absolute Gasteiger partial charge is 0.270 e. The van der Waals surface area contributed by atoms with Gasteiger partial charge in [0.1, 0.15) is 5.69 Å². The Hall–Kier alpha value is -1.81. The third kappa shape index (κ3) is 3.10. The highest BCUT2D eigenvalue weighted by atomic mass is 16.2. The molecule has 1 saturated heterocycles. The summed E-state index contributed by atoms with van der Waals surface area (Å²) in [6.45, 7) is 7.11. The second kappa shape index (κ2) is 6.31. The first kappa shape index (κ1) is 14.1. The summed E-state index contributed by atoms with van der Waals surface area (Å²) >= 11 is 0. The standard InChI is InChI=1S/C17H23N3O/c1-2-8-19-9-5-10-20(12-11-19)17(21)16-13-14-6-3-4-7-15(14)18-16/h3-4,6-7,13,18H,2,5,8-12H2,1H3. The summed E-state index contributed by atoms with van der Waals surface area (Å²) in [6.07, 6.45) is 2.24. The normalized spacial score (nSPS) is 17.1. The molecule has 1 aliphatic rings. The molecular weight excluding hydrogens is 262 g/mol. The topological polar surface area (TPSA) is 39.3 Å². The first-order chi connectivity index (χ1) is 10.3. The largest absolute Gasteiger partial charge is 0.351 e. The molecule has 0 bridgehead atoms. The van der Waals surface area contributed by atoms with Crippen molar-refractivity contribution in [2.45, 2.75) is 19.8 Å². The Kier molecular flexibility index (Phi) is 4.25. The lowest BCUT2D eigenvalue weighted by Gasteiger charge is -2.21. The monoisotopic (exact) mass is 285 g/mol. The average Bonchev–Trinajstić information content (AvgIpc) is 2.80. The Morgan fingerprint density at radius 1 is 1.19 bits per heavy atom. The molecule has 1 N–H and O–H groups in total. The number of aromatic nitrogens is 1. The van der Waals surface area contributed by atoms with Crippen LogP contribution in [0.15, 0.2) is 30.3 Å². The van der Waals surface area contributed by atoms with Crippen LogP contribution >= 0.6 is 0 Å². The molecule has 0 atom stereocenters. The van der Waals surface area contributed by atoms with Crippen molar-refractivity contribution in [3.63, 3.8) is 0 Å². The number of hydrogen-bond acceptors (Lipinski definition) is 2. The quantitative estimate of drug-likeness (QED) is 0.942. The summed E-state index contributed by atoms with van der Waals surface area (Å²) in [5, 5.41) is 1.10. The van der Waals surface area contributed by atoms with Crippen LogP contribution < -0.4 is 0 Å². The molecule has 2 aromatic rings. The van der Waals surface area contributed by atoms with Gasteiger partial charge in [0.2, 0.25) is 0 Å². The summed E-state index contributed by atoms with van der Waals surface area (Å²) in [5.41, 5.74) is 1.74. The van der Waals surface area contributed by atoms with Crippen molar-refractivity contribution in [2.24, 2.45) is 0 Å². The molecule has 0 aliphatic carbocycles. The van der Waals surface area contributed by atoms with Crippen molar-refractivity contribution in [3.05, 3.63) is 36.0 Å². The zero-order valence-corrected chi connectivity index (χ0v) is 12.6. The number of carbonyl (C=O) groups excluding carboxylic acids is 1. The summed E-state index contributed by atoms with van der Waals surface area (Å²) in [4.78, 5) is 20.4. The molecular formula is C17H23N3O. The zero-order chi connectivity index (χ0) is 14.7. The van der Waals surface area contributed by atoms with E-state index in [9.17, 15) is 4.79 Å². The Bertz CT molecular complexity index is 586. The molecule has 4 nitrogen and oxygen atoms in total. The van der Waals surface area contributed by atoms with Crippen molar-refractivity contribution in [2.75, 3.05) is 32.7 Å². The molecule has 3 rings (SSSR count). The van der Waals surface area contributed by atoms with Crippen LogP contribution in [0, 0.1) is 0 Å². The molecule has 112 valence electrons. The van der Waals surface area contributed by atoms with Crippen molar-refractivity contribution in [1.29, 1.82) is 0 Å². The van der Waals surface area contributed by atoms with Gasteiger partial charge in [-0.05, 0) is 38.1 Å².